The van der Waals surface area contributed by atoms with E-state index in [0.29, 0.717) is 12.2 Å². The fourth-order valence-electron chi connectivity index (χ4n) is 0.538. The third-order valence-corrected chi connectivity index (χ3v) is 1.04. The second-order valence-electron chi connectivity index (χ2n) is 1.79. The van der Waals surface area contributed by atoms with E-state index in [9.17, 15) is 9.59 Å². The summed E-state index contributed by atoms with van der Waals surface area (Å²) in [7, 11) is 0. The van der Waals surface area contributed by atoms with Gasteiger partial charge in [-0.05, 0) is 0 Å². The predicted octanol–water partition coefficient (Wildman–Crippen LogP) is -5.74. The topological polar surface area (TPSA) is 74.6 Å². The van der Waals surface area contributed by atoms with E-state index in [1.807, 2.05) is 0 Å². The van der Waals surface area contributed by atoms with Crippen LogP contribution in [0.2, 0.25) is 0 Å². The van der Waals surface area contributed by atoms with Crippen molar-refractivity contribution in [2.45, 2.75) is 0 Å². The number of hydrogen-bond donors (Lipinski definition) is 2. The van der Waals surface area contributed by atoms with E-state index >= 15 is 0 Å². The zero-order valence-electron chi connectivity index (χ0n) is 8.87. The zero-order chi connectivity index (χ0) is 7.72. The second-order valence-corrected chi connectivity index (χ2v) is 1.79. The van der Waals surface area contributed by atoms with Crippen molar-refractivity contribution in [3.8, 4) is 0 Å². The molecule has 2 N–H and O–H groups in total. The largest absolute Gasteiger partial charge is 1.00 e. The molecule has 4 nitrogen and oxygen atoms in total. The first-order chi connectivity index (χ1) is 4.61. The van der Waals surface area contributed by atoms with Crippen molar-refractivity contribution in [3.63, 3.8) is 0 Å². The Hall–Kier alpha value is -0.385. The summed E-state index contributed by atoms with van der Waals surface area (Å²) in [6.07, 6.45) is 1.36. The van der Waals surface area contributed by atoms with Crippen LogP contribution in [0.1, 0.15) is 2.85 Å². The first kappa shape index (κ1) is 14.2. The summed E-state index contributed by atoms with van der Waals surface area (Å²) in [5.41, 5.74) is 0. The van der Waals surface area contributed by atoms with Crippen LogP contribution < -0.4 is 37.7 Å². The van der Waals surface area contributed by atoms with Crippen LogP contribution in [-0.2, 0) is 9.59 Å². The summed E-state index contributed by atoms with van der Waals surface area (Å²) in [5, 5.41) is 17.2. The minimum Gasteiger partial charge on any atom is -1.00 e. The summed E-state index contributed by atoms with van der Waals surface area (Å²) in [6.45, 7) is 0. The maximum atomic E-state index is 10.4. The van der Waals surface area contributed by atoms with Gasteiger partial charge in [-0.15, -0.1) is 0 Å². The third-order valence-electron chi connectivity index (χ3n) is 1.04. The summed E-state index contributed by atoms with van der Waals surface area (Å²) in [6, 6.07) is 0. The summed E-state index contributed by atoms with van der Waals surface area (Å²) in [4.78, 5) is 20.9. The average Bonchev–Trinajstić information content (AvgIpc) is 1.84. The summed E-state index contributed by atoms with van der Waals surface area (Å²) in [5.74, 6) is -2.78. The first-order valence-electron chi connectivity index (χ1n) is 2.51. The van der Waals surface area contributed by atoms with Gasteiger partial charge in [0.05, 0.1) is 0 Å². The molecular weight excluding hydrogens is 150 g/mol. The Balaban J connectivity index is -0.000000125. The Morgan fingerprint density at radius 3 is 1.42 bits per heavy atom. The monoisotopic (exact) mass is 156 g/mol. The minimum absolute atomic E-state index is 0. The molecule has 0 bridgehead atoms. The van der Waals surface area contributed by atoms with E-state index in [0.717, 1.165) is 0 Å². The van der Waals surface area contributed by atoms with Gasteiger partial charge in [-0.25, -0.2) is 0 Å². The summed E-state index contributed by atoms with van der Waals surface area (Å²) >= 11 is 0. The molecule has 0 heterocycles. The molecule has 1 rings (SSSR count). The molecule has 1 aliphatic carbocycles. The van der Waals surface area contributed by atoms with Crippen LogP contribution in [0.25, 0.3) is 0 Å². The molecule has 0 spiro atoms. The van der Waals surface area contributed by atoms with Crippen LogP contribution in [-0.4, -0.2) is 21.8 Å². The molecular formula is C6H6Li2O4. The van der Waals surface area contributed by atoms with Gasteiger partial charge in [-0.1, -0.05) is 0 Å². The number of aliphatic hydroxyl groups is 2. The van der Waals surface area contributed by atoms with Gasteiger partial charge in [0.2, 0.25) is 11.6 Å². The van der Waals surface area contributed by atoms with Gasteiger partial charge >= 0.3 is 37.7 Å². The fourth-order valence-corrected chi connectivity index (χ4v) is 0.538. The van der Waals surface area contributed by atoms with Crippen molar-refractivity contribution in [2.75, 3.05) is 0 Å². The molecule has 12 heavy (non-hydrogen) atoms. The van der Waals surface area contributed by atoms with E-state index in [-0.39, 0.29) is 40.6 Å². The summed E-state index contributed by atoms with van der Waals surface area (Å²) < 4.78 is 0. The standard InChI is InChI=1S/C6H4O4.2Li.2H/c7-3-1-4(8)6(10)2-5(3)9;;;;/h1-2,7,10H;;;;/q;2*+1;2*-1. The molecule has 0 aliphatic heterocycles. The SMILES string of the molecule is O=C1C=C(O)C(=O)C=C1O.[H-].[H-].[Li+].[Li+]. The molecule has 0 fully saturated rings. The van der Waals surface area contributed by atoms with Gasteiger partial charge in [0.15, 0.2) is 11.5 Å². The minimum atomic E-state index is -0.753. The maximum Gasteiger partial charge on any atom is 1.00 e. The number of carbonyl (C=O) groups excluding carboxylic acids is 2. The van der Waals surface area contributed by atoms with Crippen LogP contribution in [0.15, 0.2) is 23.7 Å². The van der Waals surface area contributed by atoms with Crippen LogP contribution in [0.3, 0.4) is 0 Å². The van der Waals surface area contributed by atoms with Crippen molar-refractivity contribution in [1.29, 1.82) is 0 Å². The van der Waals surface area contributed by atoms with Crippen molar-refractivity contribution < 1.29 is 60.4 Å². The molecule has 0 atom stereocenters. The molecule has 6 heteroatoms. The van der Waals surface area contributed by atoms with Crippen LogP contribution in [0.4, 0.5) is 0 Å². The van der Waals surface area contributed by atoms with Crippen molar-refractivity contribution in [3.05, 3.63) is 23.7 Å². The Kier molecular flexibility index (Phi) is 6.25. The van der Waals surface area contributed by atoms with Gasteiger partial charge in [0.1, 0.15) is 0 Å². The smallest absolute Gasteiger partial charge is 1.00 e. The Morgan fingerprint density at radius 1 is 0.917 bits per heavy atom. The number of allylic oxidation sites excluding steroid dienone is 2. The molecule has 0 saturated carbocycles. The molecule has 0 aromatic carbocycles. The van der Waals surface area contributed by atoms with Gasteiger partial charge in [-0.3, -0.25) is 9.59 Å². The molecule has 0 radical (unpaired) electrons. The van der Waals surface area contributed by atoms with Crippen LogP contribution >= 0.6 is 0 Å². The first-order valence-corrected chi connectivity index (χ1v) is 2.51. The van der Waals surface area contributed by atoms with Gasteiger partial charge in [0, 0.05) is 12.2 Å². The van der Waals surface area contributed by atoms with Gasteiger partial charge in [-0.2, -0.15) is 0 Å². The molecule has 1 aliphatic rings. The van der Waals surface area contributed by atoms with E-state index in [2.05, 4.69) is 0 Å². The van der Waals surface area contributed by atoms with Crippen molar-refractivity contribution >= 4 is 11.6 Å². The van der Waals surface area contributed by atoms with E-state index in [4.69, 9.17) is 10.2 Å². The zero-order valence-corrected chi connectivity index (χ0v) is 6.87. The Labute approximate surface area is 95.7 Å². The average molecular weight is 156 g/mol. The van der Waals surface area contributed by atoms with E-state index in [1.54, 1.807) is 0 Å². The predicted molar refractivity (Wildman–Crippen MR) is 33.7 cm³/mol. The molecule has 56 valence electrons. The molecule has 0 unspecified atom stereocenters. The third kappa shape index (κ3) is 2.93. The fraction of sp³-hybridized carbons (Fsp3) is 0. The molecule has 0 aromatic rings. The van der Waals surface area contributed by atoms with Crippen LogP contribution in [0, 0.1) is 0 Å². The maximum absolute atomic E-state index is 10.4. The van der Waals surface area contributed by atoms with Gasteiger partial charge in [0.25, 0.3) is 0 Å². The van der Waals surface area contributed by atoms with Gasteiger partial charge < -0.3 is 13.1 Å². The van der Waals surface area contributed by atoms with Crippen molar-refractivity contribution in [2.24, 2.45) is 0 Å². The second kappa shape index (κ2) is 5.29. The molecule has 0 saturated heterocycles. The van der Waals surface area contributed by atoms with E-state index in [1.165, 1.54) is 0 Å². The normalized spacial score (nSPS) is 15.3. The number of rotatable bonds is 0. The van der Waals surface area contributed by atoms with E-state index < -0.39 is 23.1 Å². The Bertz CT molecular complexity index is 247. The Morgan fingerprint density at radius 2 is 1.17 bits per heavy atom. The number of hydrogen-bond acceptors (Lipinski definition) is 4. The molecule has 0 aromatic heterocycles. The molecule has 0 amide bonds. The quantitative estimate of drug-likeness (QED) is 0.270. The number of carbonyl (C=O) groups is 2. The van der Waals surface area contributed by atoms with Crippen molar-refractivity contribution in [1.82, 2.24) is 0 Å². The number of aliphatic hydroxyl groups excluding tert-OH is 2. The number of ketones is 2. The van der Waals surface area contributed by atoms with Crippen LogP contribution in [0.5, 0.6) is 0 Å².